The molecule has 0 radical (unpaired) electrons. The number of ether oxygens (including phenoxy) is 4. The lowest BCUT2D eigenvalue weighted by molar-refractivity contribution is -0.384. The third kappa shape index (κ3) is 6.13. The average Bonchev–Trinajstić information content (AvgIpc) is 2.99. The van der Waals surface area contributed by atoms with Crippen LogP contribution >= 0.6 is 0 Å². The number of nitrogens with two attached hydrogens (primary N) is 1. The normalized spacial score (nSPS) is 13.8. The van der Waals surface area contributed by atoms with E-state index in [2.05, 4.69) is 6.07 Å². The standard InChI is InChI=1S/C31H22FN3O7/c32-27-4-2-1-3-20(27)17-39-22-9-5-19(6-10-22)30-25-14-13-24(15-28(25)42-31(34)26(30)16-33)41-29(36)18-40-23-11-7-21(8-12-23)35(37)38/h1-15,30H,17-18,34H2. The maximum absolute atomic E-state index is 13.9. The highest BCUT2D eigenvalue weighted by Gasteiger charge is 2.31. The molecule has 1 unspecified atom stereocenters. The number of hydrogen-bond acceptors (Lipinski definition) is 9. The predicted molar refractivity (Wildman–Crippen MR) is 147 cm³/mol. The Morgan fingerprint density at radius 1 is 0.976 bits per heavy atom. The number of rotatable bonds is 9. The lowest BCUT2D eigenvalue weighted by atomic mass is 9.83. The zero-order chi connectivity index (χ0) is 29.6. The zero-order valence-electron chi connectivity index (χ0n) is 21.9. The van der Waals surface area contributed by atoms with Gasteiger partial charge in [0.25, 0.3) is 5.69 Å². The second kappa shape index (κ2) is 12.1. The van der Waals surface area contributed by atoms with Gasteiger partial charge < -0.3 is 24.7 Å². The Balaban J connectivity index is 1.28. The van der Waals surface area contributed by atoms with E-state index in [0.717, 1.165) is 5.56 Å². The van der Waals surface area contributed by atoms with Crippen LogP contribution in [-0.4, -0.2) is 17.5 Å². The highest BCUT2D eigenvalue weighted by Crippen LogP contribution is 2.43. The first kappa shape index (κ1) is 27.7. The average molecular weight is 568 g/mol. The molecule has 4 aromatic rings. The van der Waals surface area contributed by atoms with Crippen molar-refractivity contribution in [2.75, 3.05) is 6.61 Å². The number of benzene rings is 4. The van der Waals surface area contributed by atoms with Crippen molar-refractivity contribution in [2.24, 2.45) is 5.73 Å². The summed E-state index contributed by atoms with van der Waals surface area (Å²) in [4.78, 5) is 22.6. The molecule has 0 spiro atoms. The molecule has 2 N–H and O–H groups in total. The SMILES string of the molecule is N#CC1=C(N)Oc2cc(OC(=O)COc3ccc([N+](=O)[O-])cc3)ccc2C1c1ccc(OCc2ccccc2F)cc1. The Bertz CT molecular complexity index is 1710. The summed E-state index contributed by atoms with van der Waals surface area (Å²) in [6.45, 7) is -0.382. The van der Waals surface area contributed by atoms with Gasteiger partial charge in [0, 0.05) is 29.3 Å². The molecule has 0 aromatic heterocycles. The van der Waals surface area contributed by atoms with Crippen LogP contribution in [0.5, 0.6) is 23.0 Å². The predicted octanol–water partition coefficient (Wildman–Crippen LogP) is 5.52. The van der Waals surface area contributed by atoms with Gasteiger partial charge in [0.05, 0.1) is 10.8 Å². The molecule has 5 rings (SSSR count). The fraction of sp³-hybridized carbons (Fsp3) is 0.0968. The van der Waals surface area contributed by atoms with Crippen LogP contribution in [-0.2, 0) is 11.4 Å². The van der Waals surface area contributed by atoms with Gasteiger partial charge in [-0.05, 0) is 42.0 Å². The van der Waals surface area contributed by atoms with Gasteiger partial charge in [-0.15, -0.1) is 0 Å². The van der Waals surface area contributed by atoms with E-state index in [-0.39, 0.29) is 41.1 Å². The smallest absolute Gasteiger partial charge is 0.349 e. The minimum Gasteiger partial charge on any atom is -0.489 e. The van der Waals surface area contributed by atoms with Crippen molar-refractivity contribution >= 4 is 11.7 Å². The molecule has 1 aliphatic heterocycles. The summed E-state index contributed by atoms with van der Waals surface area (Å²) in [6, 6.07) is 25.5. The number of fused-ring (bicyclic) bond motifs is 1. The molecular formula is C31H22FN3O7. The maximum Gasteiger partial charge on any atom is 0.349 e. The number of non-ortho nitro benzene ring substituents is 1. The van der Waals surface area contributed by atoms with Crippen LogP contribution in [0, 0.1) is 27.3 Å². The molecule has 1 aliphatic rings. The zero-order valence-corrected chi connectivity index (χ0v) is 21.9. The fourth-order valence-corrected chi connectivity index (χ4v) is 4.34. The maximum atomic E-state index is 13.9. The van der Waals surface area contributed by atoms with Crippen LogP contribution < -0.4 is 24.7 Å². The number of nitro groups is 1. The number of allylic oxidation sites excluding steroid dienone is 1. The summed E-state index contributed by atoms with van der Waals surface area (Å²) in [5.74, 6) is -0.466. The molecule has 42 heavy (non-hydrogen) atoms. The van der Waals surface area contributed by atoms with E-state index < -0.39 is 23.4 Å². The molecule has 0 saturated heterocycles. The number of carbonyl (C=O) groups is 1. The van der Waals surface area contributed by atoms with E-state index >= 15 is 0 Å². The molecule has 1 heterocycles. The van der Waals surface area contributed by atoms with Crippen LogP contribution in [0.4, 0.5) is 10.1 Å². The van der Waals surface area contributed by atoms with Crippen molar-refractivity contribution < 1.29 is 33.1 Å². The molecule has 10 nitrogen and oxygen atoms in total. The van der Waals surface area contributed by atoms with Gasteiger partial charge in [-0.3, -0.25) is 10.1 Å². The number of carbonyl (C=O) groups excluding carboxylic acids is 1. The van der Waals surface area contributed by atoms with Gasteiger partial charge in [-0.2, -0.15) is 5.26 Å². The first-order chi connectivity index (χ1) is 20.3. The third-order valence-corrected chi connectivity index (χ3v) is 6.39. The van der Waals surface area contributed by atoms with Crippen LogP contribution in [0.15, 0.2) is 102 Å². The highest BCUT2D eigenvalue weighted by atomic mass is 19.1. The van der Waals surface area contributed by atoms with Crippen molar-refractivity contribution in [1.29, 1.82) is 5.26 Å². The molecule has 0 saturated carbocycles. The first-order valence-electron chi connectivity index (χ1n) is 12.6. The van der Waals surface area contributed by atoms with Gasteiger partial charge in [-0.1, -0.05) is 36.4 Å². The molecule has 1 atom stereocenters. The summed E-state index contributed by atoms with van der Waals surface area (Å²) in [7, 11) is 0. The van der Waals surface area contributed by atoms with E-state index in [4.69, 9.17) is 24.7 Å². The summed E-state index contributed by atoms with van der Waals surface area (Å²) in [5.41, 5.74) is 7.98. The molecule has 0 fully saturated rings. The Morgan fingerprint density at radius 2 is 1.64 bits per heavy atom. The van der Waals surface area contributed by atoms with Gasteiger partial charge >= 0.3 is 5.97 Å². The topological polar surface area (TPSA) is 147 Å². The quantitative estimate of drug-likeness (QED) is 0.120. The van der Waals surface area contributed by atoms with Gasteiger partial charge in [0.1, 0.15) is 47.1 Å². The van der Waals surface area contributed by atoms with Gasteiger partial charge in [-0.25, -0.2) is 9.18 Å². The molecule has 0 amide bonds. The number of halogens is 1. The lowest BCUT2D eigenvalue weighted by Crippen LogP contribution is -2.21. The minimum absolute atomic E-state index is 0.0584. The molecule has 0 aliphatic carbocycles. The molecular weight excluding hydrogens is 545 g/mol. The Morgan fingerprint density at radius 3 is 2.33 bits per heavy atom. The monoisotopic (exact) mass is 567 g/mol. The number of esters is 1. The molecule has 210 valence electrons. The largest absolute Gasteiger partial charge is 0.489 e. The summed E-state index contributed by atoms with van der Waals surface area (Å²) in [6.07, 6.45) is 0. The summed E-state index contributed by atoms with van der Waals surface area (Å²) < 4.78 is 36.0. The second-order valence-corrected chi connectivity index (χ2v) is 9.09. The van der Waals surface area contributed by atoms with Crippen molar-refractivity contribution in [3.63, 3.8) is 0 Å². The first-order valence-corrected chi connectivity index (χ1v) is 12.6. The molecule has 11 heteroatoms. The van der Waals surface area contributed by atoms with Crippen molar-refractivity contribution in [2.45, 2.75) is 12.5 Å². The van der Waals surface area contributed by atoms with Crippen molar-refractivity contribution in [1.82, 2.24) is 0 Å². The Kier molecular flexibility index (Phi) is 7.97. The van der Waals surface area contributed by atoms with Gasteiger partial charge in [0.2, 0.25) is 5.88 Å². The lowest BCUT2D eigenvalue weighted by Gasteiger charge is -2.26. The Hall–Kier alpha value is -5.89. The number of nitro benzene ring substituents is 1. The van der Waals surface area contributed by atoms with Crippen LogP contribution in [0.3, 0.4) is 0 Å². The molecule has 0 bridgehead atoms. The molecule has 4 aromatic carbocycles. The minimum atomic E-state index is -0.715. The van der Waals surface area contributed by atoms with Crippen molar-refractivity contribution in [3.05, 3.63) is 135 Å². The third-order valence-electron chi connectivity index (χ3n) is 6.39. The Labute approximate surface area is 239 Å². The summed E-state index contributed by atoms with van der Waals surface area (Å²) >= 11 is 0. The van der Waals surface area contributed by atoms with E-state index in [1.165, 1.54) is 36.4 Å². The second-order valence-electron chi connectivity index (χ2n) is 9.09. The highest BCUT2D eigenvalue weighted by molar-refractivity contribution is 5.74. The number of nitrogens with zero attached hydrogens (tertiary/aromatic N) is 2. The van der Waals surface area contributed by atoms with E-state index in [0.29, 0.717) is 22.6 Å². The number of nitriles is 1. The number of hydrogen-bond donors (Lipinski definition) is 1. The van der Waals surface area contributed by atoms with Gasteiger partial charge in [0.15, 0.2) is 6.61 Å². The van der Waals surface area contributed by atoms with E-state index in [1.54, 1.807) is 54.6 Å². The van der Waals surface area contributed by atoms with Crippen LogP contribution in [0.25, 0.3) is 0 Å². The van der Waals surface area contributed by atoms with E-state index in [9.17, 15) is 24.6 Å². The van der Waals surface area contributed by atoms with Crippen molar-refractivity contribution in [3.8, 4) is 29.1 Å². The summed E-state index contributed by atoms with van der Waals surface area (Å²) in [5, 5.41) is 20.6. The fourth-order valence-electron chi connectivity index (χ4n) is 4.34. The van der Waals surface area contributed by atoms with Crippen LogP contribution in [0.1, 0.15) is 22.6 Å². The van der Waals surface area contributed by atoms with Crippen LogP contribution in [0.2, 0.25) is 0 Å². The van der Waals surface area contributed by atoms with E-state index in [1.807, 2.05) is 0 Å².